The molecule has 1 fully saturated rings. The number of fused-ring (bicyclic) bond motifs is 3. The predicted molar refractivity (Wildman–Crippen MR) is 128 cm³/mol. The van der Waals surface area contributed by atoms with E-state index in [4.69, 9.17) is 4.74 Å². The maximum atomic E-state index is 13.3. The van der Waals surface area contributed by atoms with Crippen LogP contribution in [0.2, 0.25) is 0 Å². The van der Waals surface area contributed by atoms with Crippen molar-refractivity contribution in [3.63, 3.8) is 0 Å². The Bertz CT molecular complexity index is 1340. The van der Waals surface area contributed by atoms with E-state index >= 15 is 0 Å². The van der Waals surface area contributed by atoms with Crippen LogP contribution in [-0.2, 0) is 23.9 Å². The van der Waals surface area contributed by atoms with E-state index < -0.39 is 41.6 Å². The summed E-state index contributed by atoms with van der Waals surface area (Å²) in [5, 5.41) is 10.2. The van der Waals surface area contributed by atoms with Crippen molar-refractivity contribution in [1.29, 1.82) is 0 Å². The highest BCUT2D eigenvalue weighted by molar-refractivity contribution is 9.12. The van der Waals surface area contributed by atoms with Gasteiger partial charge in [-0.25, -0.2) is 4.79 Å². The molecule has 186 valence electrons. The Morgan fingerprint density at radius 2 is 1.92 bits per heavy atom. The van der Waals surface area contributed by atoms with Crippen LogP contribution in [0.5, 0.6) is 11.5 Å². The van der Waals surface area contributed by atoms with Crippen molar-refractivity contribution >= 4 is 45.4 Å². The Kier molecular flexibility index (Phi) is 5.94. The number of methoxy groups -OCH3 is 1. The number of ketones is 2. The van der Waals surface area contributed by atoms with E-state index in [1.54, 1.807) is 19.1 Å². The van der Waals surface area contributed by atoms with Crippen molar-refractivity contribution in [3.8, 4) is 11.5 Å². The van der Waals surface area contributed by atoms with Gasteiger partial charge in [-0.1, -0.05) is 17.7 Å². The molecule has 1 N–H and O–H groups in total. The lowest BCUT2D eigenvalue weighted by Gasteiger charge is -2.42. The topological polar surface area (TPSA) is 127 Å². The van der Waals surface area contributed by atoms with Crippen LogP contribution in [0.1, 0.15) is 31.2 Å². The molecule has 5 rings (SSSR count). The molecule has 1 aliphatic heterocycles. The van der Waals surface area contributed by atoms with Crippen molar-refractivity contribution in [2.24, 2.45) is 17.8 Å². The monoisotopic (exact) mass is 555 g/mol. The Morgan fingerprint density at radius 1 is 1.17 bits per heavy atom. The Balaban J connectivity index is 1.68. The number of rotatable bonds is 3. The Labute approximate surface area is 214 Å². The molecule has 4 atom stereocenters. The Hall–Kier alpha value is -3.53. The summed E-state index contributed by atoms with van der Waals surface area (Å²) in [4.78, 5) is 65.5. The lowest BCUT2D eigenvalue weighted by molar-refractivity contribution is -0.137. The van der Waals surface area contributed by atoms with Crippen LogP contribution in [0.25, 0.3) is 0 Å². The number of allylic oxidation sites excluding steroid dienone is 6. The van der Waals surface area contributed by atoms with Gasteiger partial charge in [-0.15, -0.1) is 0 Å². The van der Waals surface area contributed by atoms with Gasteiger partial charge in [0.2, 0.25) is 11.8 Å². The molecule has 0 saturated carbocycles. The molecule has 36 heavy (non-hydrogen) atoms. The molecular formula is C26H22BrNO8. The third-order valence-electron chi connectivity index (χ3n) is 7.31. The van der Waals surface area contributed by atoms with Gasteiger partial charge in [0, 0.05) is 23.1 Å². The summed E-state index contributed by atoms with van der Waals surface area (Å²) in [6.07, 6.45) is 2.32. The van der Waals surface area contributed by atoms with Crippen molar-refractivity contribution in [2.45, 2.75) is 25.7 Å². The minimum absolute atomic E-state index is 0.0705. The van der Waals surface area contributed by atoms with Gasteiger partial charge in [0.15, 0.2) is 23.1 Å². The van der Waals surface area contributed by atoms with Crippen LogP contribution in [0.3, 0.4) is 0 Å². The van der Waals surface area contributed by atoms with Gasteiger partial charge >= 0.3 is 6.09 Å². The number of nitrogens with zero attached hydrogens (tertiary/aromatic N) is 1. The predicted octanol–water partition coefficient (Wildman–Crippen LogP) is 3.32. The van der Waals surface area contributed by atoms with E-state index in [1.807, 2.05) is 6.08 Å². The third-order valence-corrected chi connectivity index (χ3v) is 7.89. The maximum absolute atomic E-state index is 13.3. The molecule has 10 heteroatoms. The standard InChI is InChI=1S/C26H22BrNO8/c1-3-36-19-8-11(4-7-17(19)29)20-12-5-6-13-21(25(33)28(24(13)32)26(34)35-2)14(12)9-15-22(20)18(30)10-16(27)23(15)31/h4-5,7-8,10,13-14,20-21,29H,3,6,9H2,1-2H3/t13-,14+,20-,21-/m0/s1. The normalized spacial score (nSPS) is 27.2. The van der Waals surface area contributed by atoms with Crippen molar-refractivity contribution in [1.82, 2.24) is 4.90 Å². The first-order chi connectivity index (χ1) is 17.2. The van der Waals surface area contributed by atoms with Crippen molar-refractivity contribution in [2.75, 3.05) is 13.7 Å². The number of hydrogen-bond donors (Lipinski definition) is 1. The first-order valence-electron chi connectivity index (χ1n) is 11.5. The van der Waals surface area contributed by atoms with Crippen LogP contribution < -0.4 is 4.74 Å². The number of hydrogen-bond acceptors (Lipinski definition) is 8. The lowest BCUT2D eigenvalue weighted by Crippen LogP contribution is -2.40. The third kappa shape index (κ3) is 3.46. The zero-order valence-corrected chi connectivity index (χ0v) is 21.0. The number of halogens is 1. The fourth-order valence-electron chi connectivity index (χ4n) is 5.84. The fourth-order valence-corrected chi connectivity index (χ4v) is 6.29. The molecule has 9 nitrogen and oxygen atoms in total. The van der Waals surface area contributed by atoms with Crippen LogP contribution in [-0.4, -0.2) is 53.2 Å². The summed E-state index contributed by atoms with van der Waals surface area (Å²) in [5.41, 5.74) is 1.90. The van der Waals surface area contributed by atoms with E-state index in [-0.39, 0.29) is 46.0 Å². The summed E-state index contributed by atoms with van der Waals surface area (Å²) in [6.45, 7) is 2.08. The molecule has 0 unspecified atom stereocenters. The van der Waals surface area contributed by atoms with E-state index in [0.29, 0.717) is 22.6 Å². The number of carbonyl (C=O) groups excluding carboxylic acids is 5. The number of amides is 3. The second-order valence-electron chi connectivity index (χ2n) is 9.04. The number of aromatic hydroxyl groups is 1. The van der Waals surface area contributed by atoms with Gasteiger partial charge in [-0.3, -0.25) is 19.2 Å². The first kappa shape index (κ1) is 24.2. The largest absolute Gasteiger partial charge is 0.504 e. The Morgan fingerprint density at radius 3 is 2.61 bits per heavy atom. The van der Waals surface area contributed by atoms with E-state index in [2.05, 4.69) is 20.7 Å². The quantitative estimate of drug-likeness (QED) is 0.342. The number of phenolic OH excluding ortho intramolecular Hbond substituents is 1. The highest BCUT2D eigenvalue weighted by atomic mass is 79.9. The van der Waals surface area contributed by atoms with Gasteiger partial charge < -0.3 is 14.6 Å². The SMILES string of the molecule is CCOc1cc([C@H]2C3=CC[C@@H]4C(=O)N(C(=O)OC)C(=O)[C@@H]4[C@@H]3CC3=C2C(=O)C=C(Br)C3=O)ccc1O. The van der Waals surface area contributed by atoms with Crippen LogP contribution in [0.4, 0.5) is 4.79 Å². The molecular weight excluding hydrogens is 534 g/mol. The van der Waals surface area contributed by atoms with Gasteiger partial charge in [0.25, 0.3) is 0 Å². The number of benzene rings is 1. The molecule has 0 aromatic heterocycles. The lowest BCUT2D eigenvalue weighted by atomic mass is 9.59. The molecule has 3 aliphatic carbocycles. The number of imide groups is 3. The van der Waals surface area contributed by atoms with Crippen molar-refractivity contribution in [3.05, 3.63) is 57.1 Å². The molecule has 0 bridgehead atoms. The zero-order valence-electron chi connectivity index (χ0n) is 19.4. The first-order valence-corrected chi connectivity index (χ1v) is 12.3. The number of likely N-dealkylation sites (tertiary alicyclic amines) is 1. The number of phenols is 1. The van der Waals surface area contributed by atoms with Gasteiger partial charge in [-0.05, 0) is 59.3 Å². The average Bonchev–Trinajstić information content (AvgIpc) is 3.12. The second kappa shape index (κ2) is 8.85. The summed E-state index contributed by atoms with van der Waals surface area (Å²) in [6, 6.07) is 4.73. The van der Waals surface area contributed by atoms with E-state index in [0.717, 1.165) is 12.7 Å². The zero-order chi connectivity index (χ0) is 25.9. The van der Waals surface area contributed by atoms with E-state index in [1.165, 1.54) is 12.1 Å². The van der Waals surface area contributed by atoms with Gasteiger partial charge in [-0.2, -0.15) is 4.90 Å². The maximum Gasteiger partial charge on any atom is 0.423 e. The number of ether oxygens (including phenoxy) is 2. The summed E-state index contributed by atoms with van der Waals surface area (Å²) < 4.78 is 10.3. The minimum Gasteiger partial charge on any atom is -0.504 e. The second-order valence-corrected chi connectivity index (χ2v) is 9.89. The average molecular weight is 556 g/mol. The van der Waals surface area contributed by atoms with Gasteiger partial charge in [0.1, 0.15) is 0 Å². The molecule has 0 spiro atoms. The number of Topliss-reactive ketones (excluding diaryl/α,β-unsaturated/α-hetero) is 1. The molecule has 1 aromatic rings. The molecule has 1 saturated heterocycles. The summed E-state index contributed by atoms with van der Waals surface area (Å²) >= 11 is 3.18. The molecule has 4 aliphatic rings. The van der Waals surface area contributed by atoms with Crippen LogP contribution in [0, 0.1) is 17.8 Å². The molecule has 0 radical (unpaired) electrons. The minimum atomic E-state index is -1.04. The smallest absolute Gasteiger partial charge is 0.423 e. The van der Waals surface area contributed by atoms with Crippen molar-refractivity contribution < 1.29 is 38.6 Å². The molecule has 3 amide bonds. The fraction of sp³-hybridized carbons (Fsp3) is 0.346. The molecule has 1 heterocycles. The highest BCUT2D eigenvalue weighted by Crippen LogP contribution is 2.55. The summed E-state index contributed by atoms with van der Waals surface area (Å²) in [5.74, 6) is -4.74. The van der Waals surface area contributed by atoms with Crippen LogP contribution >= 0.6 is 15.9 Å². The van der Waals surface area contributed by atoms with Gasteiger partial charge in [0.05, 0.1) is 30.0 Å². The molecule has 1 aromatic carbocycles. The van der Waals surface area contributed by atoms with E-state index in [9.17, 15) is 29.1 Å². The number of carbonyl (C=O) groups is 5. The van der Waals surface area contributed by atoms with Crippen LogP contribution in [0.15, 0.2) is 51.6 Å². The highest BCUT2D eigenvalue weighted by Gasteiger charge is 2.58. The summed E-state index contributed by atoms with van der Waals surface area (Å²) in [7, 11) is 1.10.